The molecule has 0 radical (unpaired) electrons. The molecule has 1 amide bonds. The Morgan fingerprint density at radius 3 is 2.43 bits per heavy atom. The van der Waals surface area contributed by atoms with E-state index in [1.807, 2.05) is 11.0 Å². The minimum Gasteiger partial charge on any atom is -0.359 e. The van der Waals surface area contributed by atoms with E-state index in [1.165, 1.54) is 16.8 Å². The van der Waals surface area contributed by atoms with E-state index in [0.717, 1.165) is 31.5 Å². The third kappa shape index (κ3) is 2.50. The summed E-state index contributed by atoms with van der Waals surface area (Å²) in [5.74, 6) is 0.207. The summed E-state index contributed by atoms with van der Waals surface area (Å²) in [5.41, 5.74) is 4.97. The van der Waals surface area contributed by atoms with Gasteiger partial charge in [-0.2, -0.15) is 0 Å². The second kappa shape index (κ2) is 5.73. The maximum Gasteiger partial charge on any atom is 0.246 e. The van der Waals surface area contributed by atoms with Gasteiger partial charge in [-0.15, -0.1) is 0 Å². The van der Waals surface area contributed by atoms with E-state index in [-0.39, 0.29) is 5.91 Å². The topological polar surface area (TPSA) is 23.6 Å². The Bertz CT molecular complexity index is 740. The van der Waals surface area contributed by atoms with Gasteiger partial charge < -0.3 is 9.80 Å². The smallest absolute Gasteiger partial charge is 0.246 e. The van der Waals surface area contributed by atoms with Gasteiger partial charge in [0, 0.05) is 24.0 Å². The fourth-order valence-electron chi connectivity index (χ4n) is 3.83. The number of amides is 1. The number of carbonyl (C=O) groups is 1. The van der Waals surface area contributed by atoms with E-state index in [2.05, 4.69) is 54.3 Å². The SMILES string of the molecule is C[C@@H]1CCc2ccccc2N1CC(=O)N1CCc2ccccc21. The van der Waals surface area contributed by atoms with Crippen LogP contribution in [0.3, 0.4) is 0 Å². The normalized spacial score (nSPS) is 19.4. The van der Waals surface area contributed by atoms with Gasteiger partial charge in [0.15, 0.2) is 0 Å². The molecule has 4 rings (SSSR count). The summed E-state index contributed by atoms with van der Waals surface area (Å²) in [6.07, 6.45) is 3.18. The van der Waals surface area contributed by atoms with Gasteiger partial charge in [0.05, 0.1) is 6.54 Å². The van der Waals surface area contributed by atoms with Crippen LogP contribution in [0, 0.1) is 0 Å². The van der Waals surface area contributed by atoms with Gasteiger partial charge in [-0.05, 0) is 49.4 Å². The van der Waals surface area contributed by atoms with E-state index in [9.17, 15) is 4.79 Å². The van der Waals surface area contributed by atoms with Crippen molar-refractivity contribution in [2.75, 3.05) is 22.9 Å². The summed E-state index contributed by atoms with van der Waals surface area (Å²) in [6, 6.07) is 17.2. The minimum absolute atomic E-state index is 0.207. The fourth-order valence-corrected chi connectivity index (χ4v) is 3.83. The number of hydrogen-bond donors (Lipinski definition) is 0. The average molecular weight is 306 g/mol. The highest BCUT2D eigenvalue weighted by atomic mass is 16.2. The van der Waals surface area contributed by atoms with Crippen LogP contribution in [0.4, 0.5) is 11.4 Å². The minimum atomic E-state index is 0.207. The monoisotopic (exact) mass is 306 g/mol. The Hall–Kier alpha value is -2.29. The molecule has 0 N–H and O–H groups in total. The van der Waals surface area contributed by atoms with E-state index >= 15 is 0 Å². The molecular formula is C20H22N2O. The zero-order valence-electron chi connectivity index (χ0n) is 13.5. The lowest BCUT2D eigenvalue weighted by Gasteiger charge is -2.37. The Morgan fingerprint density at radius 1 is 1.00 bits per heavy atom. The number of anilines is 2. The number of aryl methyl sites for hydroxylation is 1. The molecule has 2 aliphatic rings. The molecule has 0 unspecified atom stereocenters. The average Bonchev–Trinajstić information content (AvgIpc) is 3.01. The van der Waals surface area contributed by atoms with Crippen molar-refractivity contribution in [1.82, 2.24) is 0 Å². The Morgan fingerprint density at radius 2 is 1.65 bits per heavy atom. The van der Waals surface area contributed by atoms with E-state index in [1.54, 1.807) is 0 Å². The van der Waals surface area contributed by atoms with Crippen molar-refractivity contribution < 1.29 is 4.79 Å². The van der Waals surface area contributed by atoms with Gasteiger partial charge in [-0.25, -0.2) is 0 Å². The molecule has 3 heteroatoms. The number of carbonyl (C=O) groups excluding carboxylic acids is 1. The Balaban J connectivity index is 1.58. The van der Waals surface area contributed by atoms with E-state index < -0.39 is 0 Å². The summed E-state index contributed by atoms with van der Waals surface area (Å²) >= 11 is 0. The number of fused-ring (bicyclic) bond motifs is 2. The molecular weight excluding hydrogens is 284 g/mol. The Labute approximate surface area is 137 Å². The lowest BCUT2D eigenvalue weighted by molar-refractivity contribution is -0.117. The van der Waals surface area contributed by atoms with Crippen LogP contribution in [0.2, 0.25) is 0 Å². The molecule has 2 aliphatic heterocycles. The van der Waals surface area contributed by atoms with Crippen molar-refractivity contribution in [3.63, 3.8) is 0 Å². The first-order valence-corrected chi connectivity index (χ1v) is 8.47. The number of nitrogens with zero attached hydrogens (tertiary/aromatic N) is 2. The van der Waals surface area contributed by atoms with Crippen molar-refractivity contribution in [1.29, 1.82) is 0 Å². The molecule has 23 heavy (non-hydrogen) atoms. The first-order valence-electron chi connectivity index (χ1n) is 8.47. The van der Waals surface area contributed by atoms with Crippen LogP contribution in [0.15, 0.2) is 48.5 Å². The number of benzene rings is 2. The quantitative estimate of drug-likeness (QED) is 0.849. The predicted molar refractivity (Wildman–Crippen MR) is 94.1 cm³/mol. The molecule has 1 atom stereocenters. The second-order valence-corrected chi connectivity index (χ2v) is 6.57. The maximum absolute atomic E-state index is 12.9. The molecule has 0 aromatic heterocycles. The van der Waals surface area contributed by atoms with Crippen molar-refractivity contribution in [2.24, 2.45) is 0 Å². The van der Waals surface area contributed by atoms with Crippen LogP contribution in [-0.2, 0) is 17.6 Å². The molecule has 0 aliphatic carbocycles. The summed E-state index contributed by atoms with van der Waals surface area (Å²) in [7, 11) is 0. The zero-order valence-corrected chi connectivity index (χ0v) is 13.5. The molecule has 0 fully saturated rings. The number of rotatable bonds is 2. The van der Waals surface area contributed by atoms with Gasteiger partial charge in [-0.3, -0.25) is 4.79 Å². The van der Waals surface area contributed by atoms with Crippen LogP contribution in [0.25, 0.3) is 0 Å². The van der Waals surface area contributed by atoms with Crippen molar-refractivity contribution >= 4 is 17.3 Å². The highest BCUT2D eigenvalue weighted by molar-refractivity contribution is 5.98. The van der Waals surface area contributed by atoms with Crippen LogP contribution in [0.1, 0.15) is 24.5 Å². The van der Waals surface area contributed by atoms with Crippen LogP contribution < -0.4 is 9.80 Å². The summed E-state index contributed by atoms with van der Waals surface area (Å²) in [5, 5.41) is 0. The molecule has 2 aromatic carbocycles. The largest absolute Gasteiger partial charge is 0.359 e. The summed E-state index contributed by atoms with van der Waals surface area (Å²) in [6.45, 7) is 3.50. The third-order valence-corrected chi connectivity index (χ3v) is 5.16. The highest BCUT2D eigenvalue weighted by Crippen LogP contribution is 2.32. The molecule has 2 aromatic rings. The van der Waals surface area contributed by atoms with Crippen molar-refractivity contribution in [3.8, 4) is 0 Å². The summed E-state index contributed by atoms with van der Waals surface area (Å²) in [4.78, 5) is 17.2. The first-order chi connectivity index (χ1) is 11.2. The lowest BCUT2D eigenvalue weighted by Crippen LogP contribution is -2.45. The lowest BCUT2D eigenvalue weighted by atomic mass is 9.96. The van der Waals surface area contributed by atoms with E-state index in [0.29, 0.717) is 12.6 Å². The van der Waals surface area contributed by atoms with Crippen LogP contribution in [0.5, 0.6) is 0 Å². The van der Waals surface area contributed by atoms with E-state index in [4.69, 9.17) is 0 Å². The van der Waals surface area contributed by atoms with Gasteiger partial charge in [0.25, 0.3) is 0 Å². The molecule has 0 saturated heterocycles. The second-order valence-electron chi connectivity index (χ2n) is 6.57. The number of para-hydroxylation sites is 2. The molecule has 0 spiro atoms. The first kappa shape index (κ1) is 14.3. The standard InChI is InChI=1S/C20H22N2O/c1-15-10-11-16-6-2-5-9-19(16)22(15)14-20(23)21-13-12-17-7-3-4-8-18(17)21/h2-9,15H,10-14H2,1H3/t15-/m1/s1. The molecule has 2 heterocycles. The van der Waals surface area contributed by atoms with Gasteiger partial charge in [0.1, 0.15) is 0 Å². The Kier molecular flexibility index (Phi) is 3.56. The molecule has 0 bridgehead atoms. The van der Waals surface area contributed by atoms with Gasteiger partial charge in [0.2, 0.25) is 5.91 Å². The molecule has 118 valence electrons. The molecule has 0 saturated carbocycles. The van der Waals surface area contributed by atoms with Crippen LogP contribution in [-0.4, -0.2) is 25.0 Å². The zero-order chi connectivity index (χ0) is 15.8. The van der Waals surface area contributed by atoms with Crippen molar-refractivity contribution in [2.45, 2.75) is 32.2 Å². The maximum atomic E-state index is 12.9. The van der Waals surface area contributed by atoms with Gasteiger partial charge in [-0.1, -0.05) is 36.4 Å². The predicted octanol–water partition coefficient (Wildman–Crippen LogP) is 3.42. The fraction of sp³-hybridized carbons (Fsp3) is 0.350. The highest BCUT2D eigenvalue weighted by Gasteiger charge is 2.29. The third-order valence-electron chi connectivity index (χ3n) is 5.16. The van der Waals surface area contributed by atoms with Gasteiger partial charge >= 0.3 is 0 Å². The summed E-state index contributed by atoms with van der Waals surface area (Å²) < 4.78 is 0. The van der Waals surface area contributed by atoms with Crippen molar-refractivity contribution in [3.05, 3.63) is 59.7 Å². The number of hydrogen-bond acceptors (Lipinski definition) is 2. The van der Waals surface area contributed by atoms with Crippen LogP contribution >= 0.6 is 0 Å². The molecule has 3 nitrogen and oxygen atoms in total.